The van der Waals surface area contributed by atoms with E-state index in [0.717, 1.165) is 38.5 Å². The van der Waals surface area contributed by atoms with E-state index in [0.29, 0.717) is 25.9 Å². The third kappa shape index (κ3) is 46.9. The molecule has 7 nitrogen and oxygen atoms in total. The third-order valence-electron chi connectivity index (χ3n) is 11.7. The van der Waals surface area contributed by atoms with Crippen LogP contribution in [0.4, 0.5) is 0 Å². The predicted molar refractivity (Wildman–Crippen MR) is 242 cm³/mol. The molecule has 0 aromatic rings. The van der Waals surface area contributed by atoms with Crippen LogP contribution >= 0.6 is 0 Å². The number of carboxylic acids is 1. The number of carbonyl (C=O) groups is 3. The first-order valence-electron chi connectivity index (χ1n) is 25.2. The molecule has 0 aromatic heterocycles. The van der Waals surface area contributed by atoms with Gasteiger partial charge in [-0.25, -0.2) is 0 Å². The van der Waals surface area contributed by atoms with Crippen molar-refractivity contribution in [3.63, 3.8) is 0 Å². The van der Waals surface area contributed by atoms with Gasteiger partial charge in [0.15, 0.2) is 0 Å². The Labute approximate surface area is 354 Å². The quantitative estimate of drug-likeness (QED) is 0.0483. The minimum atomic E-state index is -0.948. The summed E-state index contributed by atoms with van der Waals surface area (Å²) in [5.41, 5.74) is 0. The van der Waals surface area contributed by atoms with Crippen LogP contribution in [0, 0.1) is 0 Å². The van der Waals surface area contributed by atoms with Crippen molar-refractivity contribution in [2.24, 2.45) is 0 Å². The van der Waals surface area contributed by atoms with Crippen molar-refractivity contribution in [3.05, 3.63) is 0 Å². The van der Waals surface area contributed by atoms with E-state index in [4.69, 9.17) is 9.47 Å². The van der Waals surface area contributed by atoms with Crippen molar-refractivity contribution < 1.29 is 29.0 Å². The van der Waals surface area contributed by atoms with Gasteiger partial charge in [-0.2, -0.15) is 0 Å². The van der Waals surface area contributed by atoms with Crippen LogP contribution in [-0.2, 0) is 23.9 Å². The monoisotopic (exact) mass is 808 g/mol. The lowest BCUT2D eigenvalue weighted by atomic mass is 10.0. The van der Waals surface area contributed by atoms with Crippen molar-refractivity contribution >= 4 is 17.9 Å². The van der Waals surface area contributed by atoms with Crippen LogP contribution in [0.15, 0.2) is 0 Å². The van der Waals surface area contributed by atoms with Crippen molar-refractivity contribution in [1.29, 1.82) is 0 Å². The lowest BCUT2D eigenvalue weighted by Crippen LogP contribution is -2.36. The third-order valence-corrected chi connectivity index (χ3v) is 11.7. The molecule has 7 heteroatoms. The number of nitrogens with zero attached hydrogens (tertiary/aromatic N) is 1. The summed E-state index contributed by atoms with van der Waals surface area (Å²) in [4.78, 5) is 37.4. The molecule has 0 spiro atoms. The number of aliphatic carboxylic acids is 1. The highest BCUT2D eigenvalue weighted by Gasteiger charge is 2.13. The molecule has 0 unspecified atom stereocenters. The van der Waals surface area contributed by atoms with Gasteiger partial charge < -0.3 is 14.6 Å². The lowest BCUT2D eigenvalue weighted by Gasteiger charge is -2.20. The van der Waals surface area contributed by atoms with E-state index in [2.05, 4.69) is 13.8 Å². The maximum atomic E-state index is 12.2. The summed E-state index contributed by atoms with van der Waals surface area (Å²) >= 11 is 0. The Balaban J connectivity index is 3.59. The fourth-order valence-electron chi connectivity index (χ4n) is 7.88. The van der Waals surface area contributed by atoms with Crippen LogP contribution in [0.2, 0.25) is 0 Å². The van der Waals surface area contributed by atoms with Crippen LogP contribution in [0.25, 0.3) is 0 Å². The summed E-state index contributed by atoms with van der Waals surface area (Å²) < 4.78 is 10.8. The van der Waals surface area contributed by atoms with Crippen LogP contribution in [0.3, 0.4) is 0 Å². The van der Waals surface area contributed by atoms with Gasteiger partial charge >= 0.3 is 17.9 Å². The minimum Gasteiger partial charge on any atom is -0.480 e. The zero-order valence-electron chi connectivity index (χ0n) is 38.3. The first-order chi connectivity index (χ1) is 28.0. The van der Waals surface area contributed by atoms with Crippen molar-refractivity contribution in [2.75, 3.05) is 32.8 Å². The molecule has 338 valence electrons. The standard InChI is InChI=1S/C50H97NO6/c1-3-5-7-9-11-13-15-17-19-21-23-25-27-29-31-33-35-37-39-41-49(54)56-45-43-51(47-48(52)53)44-46-57-50(55)42-40-38-36-34-32-30-28-26-24-22-20-18-16-14-12-10-8-6-4-2/h3-47H2,1-2H3,(H,52,53). The summed E-state index contributed by atoms with van der Waals surface area (Å²) in [6.45, 7) is 5.32. The number of unbranched alkanes of at least 4 members (excludes halogenated alkanes) is 36. The molecule has 1 N–H and O–H groups in total. The van der Waals surface area contributed by atoms with Crippen molar-refractivity contribution in [1.82, 2.24) is 4.90 Å². The van der Waals surface area contributed by atoms with Gasteiger partial charge in [0.1, 0.15) is 13.2 Å². The topological polar surface area (TPSA) is 93.1 Å². The molecule has 0 aliphatic rings. The second kappa shape index (κ2) is 47.1. The second-order valence-corrected chi connectivity index (χ2v) is 17.3. The van der Waals surface area contributed by atoms with Crippen LogP contribution in [0.5, 0.6) is 0 Å². The van der Waals surface area contributed by atoms with Gasteiger partial charge in [-0.15, -0.1) is 0 Å². The largest absolute Gasteiger partial charge is 0.480 e. The molecule has 0 saturated heterocycles. The maximum absolute atomic E-state index is 12.2. The van der Waals surface area contributed by atoms with Gasteiger partial charge in [-0.1, -0.05) is 245 Å². The van der Waals surface area contributed by atoms with E-state index >= 15 is 0 Å². The number of carbonyl (C=O) groups excluding carboxylic acids is 2. The summed E-state index contributed by atoms with van der Waals surface area (Å²) in [6.07, 6.45) is 51.1. The van der Waals surface area contributed by atoms with E-state index < -0.39 is 5.97 Å². The van der Waals surface area contributed by atoms with Gasteiger partial charge in [-0.05, 0) is 12.8 Å². The number of hydrogen-bond acceptors (Lipinski definition) is 6. The number of carboxylic acid groups (broad SMARTS) is 1. The molecule has 0 aliphatic heterocycles. The number of ether oxygens (including phenoxy) is 2. The molecular weight excluding hydrogens is 711 g/mol. The van der Waals surface area contributed by atoms with E-state index in [1.54, 1.807) is 4.90 Å². The molecule has 0 bridgehead atoms. The normalized spacial score (nSPS) is 11.4. The molecule has 0 atom stereocenters. The zero-order valence-corrected chi connectivity index (χ0v) is 38.3. The van der Waals surface area contributed by atoms with E-state index in [-0.39, 0.29) is 31.7 Å². The highest BCUT2D eigenvalue weighted by Crippen LogP contribution is 2.17. The Morgan fingerprint density at radius 2 is 0.561 bits per heavy atom. The molecular formula is C50H97NO6. The average Bonchev–Trinajstić information content (AvgIpc) is 3.19. The zero-order chi connectivity index (χ0) is 41.5. The first-order valence-corrected chi connectivity index (χ1v) is 25.2. The Bertz CT molecular complexity index is 791. The van der Waals surface area contributed by atoms with Crippen LogP contribution < -0.4 is 0 Å². The highest BCUT2D eigenvalue weighted by molar-refractivity contribution is 5.70. The number of hydrogen-bond donors (Lipinski definition) is 1. The van der Waals surface area contributed by atoms with Gasteiger partial charge in [0.25, 0.3) is 0 Å². The van der Waals surface area contributed by atoms with Crippen LogP contribution in [-0.4, -0.2) is 60.8 Å². The van der Waals surface area contributed by atoms with Crippen LogP contribution in [0.1, 0.15) is 271 Å². The number of esters is 2. The van der Waals surface area contributed by atoms with E-state index in [1.165, 1.54) is 205 Å². The SMILES string of the molecule is CCCCCCCCCCCCCCCCCCCCCC(=O)OCCN(CCOC(=O)CCCCCCCCCCCCCCCCCCCCC)CC(=O)O. The Hall–Kier alpha value is -1.63. The van der Waals surface area contributed by atoms with Crippen molar-refractivity contribution in [3.8, 4) is 0 Å². The summed E-state index contributed by atoms with van der Waals surface area (Å²) in [5, 5.41) is 9.30. The Morgan fingerprint density at radius 3 is 0.772 bits per heavy atom. The van der Waals surface area contributed by atoms with Crippen molar-refractivity contribution in [2.45, 2.75) is 271 Å². The minimum absolute atomic E-state index is 0.151. The summed E-state index contributed by atoms with van der Waals surface area (Å²) in [7, 11) is 0. The van der Waals surface area contributed by atoms with Gasteiger partial charge in [0.2, 0.25) is 0 Å². The molecule has 57 heavy (non-hydrogen) atoms. The molecule has 0 aliphatic carbocycles. The molecule has 0 aromatic carbocycles. The molecule has 0 fully saturated rings. The smallest absolute Gasteiger partial charge is 0.317 e. The second-order valence-electron chi connectivity index (χ2n) is 17.3. The van der Waals surface area contributed by atoms with Gasteiger partial charge in [0.05, 0.1) is 6.54 Å². The maximum Gasteiger partial charge on any atom is 0.317 e. The molecule has 0 saturated carbocycles. The van der Waals surface area contributed by atoms with Gasteiger partial charge in [-0.3, -0.25) is 19.3 Å². The fourth-order valence-corrected chi connectivity index (χ4v) is 7.88. The van der Waals surface area contributed by atoms with E-state index in [1.807, 2.05) is 0 Å². The van der Waals surface area contributed by atoms with E-state index in [9.17, 15) is 19.5 Å². The molecule has 0 radical (unpaired) electrons. The van der Waals surface area contributed by atoms with Gasteiger partial charge in [0, 0.05) is 25.9 Å². The number of rotatable bonds is 48. The summed E-state index contributed by atoms with van der Waals surface area (Å²) in [6, 6.07) is 0. The molecule has 0 rings (SSSR count). The average molecular weight is 808 g/mol. The molecule has 0 heterocycles. The fraction of sp³-hybridized carbons (Fsp3) is 0.940. The first kappa shape index (κ1) is 55.4. The lowest BCUT2D eigenvalue weighted by molar-refractivity contribution is -0.145. The predicted octanol–water partition coefficient (Wildman–Crippen LogP) is 15.1. The summed E-state index contributed by atoms with van der Waals surface area (Å²) in [5.74, 6) is -1.39. The molecule has 0 amide bonds. The Morgan fingerprint density at radius 1 is 0.351 bits per heavy atom. The Kier molecular flexibility index (Phi) is 45.7. The highest BCUT2D eigenvalue weighted by atomic mass is 16.5.